The molecule has 0 amide bonds. The largest absolute Gasteiger partial charge is 0.489 e. The normalized spacial score (nSPS) is 10.9. The lowest BCUT2D eigenvalue weighted by Crippen LogP contribution is -2.00. The lowest BCUT2D eigenvalue weighted by molar-refractivity contribution is -0.136. The minimum atomic E-state index is -0.777. The Morgan fingerprint density at radius 2 is 1.70 bits per heavy atom. The molecule has 0 aliphatic carbocycles. The predicted octanol–water partition coefficient (Wildman–Crippen LogP) is 6.46. The van der Waals surface area contributed by atoms with Crippen LogP contribution in [0.25, 0.3) is 11.1 Å². The molecule has 0 aliphatic heterocycles. The highest BCUT2D eigenvalue weighted by atomic mass is 16.5. The second kappa shape index (κ2) is 10.1. The minimum absolute atomic E-state index is 0.144. The molecule has 0 radical (unpaired) electrons. The molecule has 0 saturated carbocycles. The lowest BCUT2D eigenvalue weighted by Gasteiger charge is -2.16. The summed E-state index contributed by atoms with van der Waals surface area (Å²) in [4.78, 5) is 10.7. The third kappa shape index (κ3) is 5.96. The van der Waals surface area contributed by atoms with Crippen LogP contribution in [0.5, 0.6) is 5.75 Å². The molecule has 3 heteroatoms. The van der Waals surface area contributed by atoms with Gasteiger partial charge in [0.25, 0.3) is 0 Å². The zero-order chi connectivity index (χ0) is 21.5. The van der Waals surface area contributed by atoms with Crippen LogP contribution in [0, 0.1) is 12.8 Å². The highest BCUT2D eigenvalue weighted by molar-refractivity contribution is 5.71. The molecule has 3 aromatic rings. The van der Waals surface area contributed by atoms with Crippen LogP contribution in [0.15, 0.2) is 66.7 Å². The Hall–Kier alpha value is -3.07. The molecular weight excluding hydrogens is 372 g/mol. The quantitative estimate of drug-likeness (QED) is 0.447. The molecule has 3 nitrogen and oxygen atoms in total. The van der Waals surface area contributed by atoms with Crippen molar-refractivity contribution in [2.24, 2.45) is 5.92 Å². The maximum absolute atomic E-state index is 10.7. The van der Waals surface area contributed by atoms with Gasteiger partial charge in [-0.2, -0.15) is 0 Å². The van der Waals surface area contributed by atoms with Crippen molar-refractivity contribution in [3.05, 3.63) is 89.0 Å². The first-order chi connectivity index (χ1) is 14.4. The van der Waals surface area contributed by atoms with Gasteiger partial charge in [-0.1, -0.05) is 62.4 Å². The molecule has 3 aromatic carbocycles. The third-order valence-electron chi connectivity index (χ3n) is 5.16. The van der Waals surface area contributed by atoms with Crippen molar-refractivity contribution >= 4 is 5.97 Å². The molecule has 0 atom stereocenters. The number of carbonyl (C=O) groups is 1. The molecule has 0 aromatic heterocycles. The van der Waals surface area contributed by atoms with E-state index in [1.165, 1.54) is 22.3 Å². The number of hydrogen-bond acceptors (Lipinski definition) is 2. The van der Waals surface area contributed by atoms with Gasteiger partial charge in [0.1, 0.15) is 12.4 Å². The number of carboxylic acid groups (broad SMARTS) is 1. The zero-order valence-electron chi connectivity index (χ0n) is 18.0. The SMILES string of the molecule is Cc1cccc(CC(C)C)c1-c1cccc(COc2ccc(CCC(=O)O)cc2)c1. The lowest BCUT2D eigenvalue weighted by atomic mass is 9.90. The molecule has 0 fully saturated rings. The molecule has 156 valence electrons. The first kappa shape index (κ1) is 21.6. The van der Waals surface area contributed by atoms with E-state index >= 15 is 0 Å². The van der Waals surface area contributed by atoms with Crippen molar-refractivity contribution < 1.29 is 14.6 Å². The van der Waals surface area contributed by atoms with Gasteiger partial charge in [-0.15, -0.1) is 0 Å². The van der Waals surface area contributed by atoms with E-state index in [1.807, 2.05) is 24.3 Å². The van der Waals surface area contributed by atoms with Crippen LogP contribution in [0.1, 0.15) is 42.5 Å². The van der Waals surface area contributed by atoms with Crippen molar-refractivity contribution in [3.8, 4) is 16.9 Å². The average Bonchev–Trinajstić information content (AvgIpc) is 2.71. The first-order valence-corrected chi connectivity index (χ1v) is 10.5. The van der Waals surface area contributed by atoms with Crippen molar-refractivity contribution in [3.63, 3.8) is 0 Å². The third-order valence-corrected chi connectivity index (χ3v) is 5.16. The molecule has 3 rings (SSSR count). The summed E-state index contributed by atoms with van der Waals surface area (Å²) in [5.74, 6) is 0.617. The van der Waals surface area contributed by atoms with E-state index in [0.29, 0.717) is 18.9 Å². The van der Waals surface area contributed by atoms with Crippen LogP contribution < -0.4 is 4.74 Å². The van der Waals surface area contributed by atoms with Crippen LogP contribution >= 0.6 is 0 Å². The number of aliphatic carboxylic acids is 1. The van der Waals surface area contributed by atoms with E-state index in [-0.39, 0.29) is 6.42 Å². The van der Waals surface area contributed by atoms with E-state index in [0.717, 1.165) is 23.3 Å². The van der Waals surface area contributed by atoms with Crippen LogP contribution in [0.4, 0.5) is 0 Å². The van der Waals surface area contributed by atoms with Crippen molar-refractivity contribution in [1.29, 1.82) is 0 Å². The summed E-state index contributed by atoms with van der Waals surface area (Å²) in [5, 5.41) is 8.80. The van der Waals surface area contributed by atoms with E-state index in [4.69, 9.17) is 9.84 Å². The van der Waals surface area contributed by atoms with E-state index < -0.39 is 5.97 Å². The monoisotopic (exact) mass is 402 g/mol. The maximum atomic E-state index is 10.7. The van der Waals surface area contributed by atoms with Crippen LogP contribution in [-0.2, 0) is 24.2 Å². The van der Waals surface area contributed by atoms with Gasteiger partial charge < -0.3 is 9.84 Å². The zero-order valence-corrected chi connectivity index (χ0v) is 18.0. The standard InChI is InChI=1S/C27H30O3/c1-19(2)16-23-8-4-6-20(3)27(23)24-9-5-7-22(17-24)18-30-25-13-10-21(11-14-25)12-15-26(28)29/h4-11,13-14,17,19H,12,15-16,18H2,1-3H3,(H,28,29). The Balaban J connectivity index is 1.72. The Labute approximate surface area is 179 Å². The number of rotatable bonds is 9. The summed E-state index contributed by atoms with van der Waals surface area (Å²) >= 11 is 0. The number of hydrogen-bond donors (Lipinski definition) is 1. The molecule has 0 heterocycles. The Kier molecular flexibility index (Phi) is 7.29. The molecule has 30 heavy (non-hydrogen) atoms. The summed E-state index contributed by atoms with van der Waals surface area (Å²) in [6, 6.07) is 22.8. The second-order valence-electron chi connectivity index (χ2n) is 8.23. The fourth-order valence-electron chi connectivity index (χ4n) is 3.74. The van der Waals surface area contributed by atoms with Gasteiger partial charge in [-0.05, 0) is 77.3 Å². The van der Waals surface area contributed by atoms with Gasteiger partial charge in [0, 0.05) is 6.42 Å². The van der Waals surface area contributed by atoms with E-state index in [1.54, 1.807) is 0 Å². The summed E-state index contributed by atoms with van der Waals surface area (Å²) in [5.41, 5.74) is 7.37. The van der Waals surface area contributed by atoms with Crippen LogP contribution in [0.3, 0.4) is 0 Å². The summed E-state index contributed by atoms with van der Waals surface area (Å²) in [6.07, 6.45) is 1.74. The Morgan fingerprint density at radius 3 is 2.40 bits per heavy atom. The molecule has 0 aliphatic rings. The second-order valence-corrected chi connectivity index (χ2v) is 8.23. The van der Waals surface area contributed by atoms with Crippen molar-refractivity contribution in [2.45, 2.75) is 46.6 Å². The topological polar surface area (TPSA) is 46.5 Å². The molecular formula is C27H30O3. The highest BCUT2D eigenvalue weighted by Crippen LogP contribution is 2.30. The summed E-state index contributed by atoms with van der Waals surface area (Å²) in [7, 11) is 0. The summed E-state index contributed by atoms with van der Waals surface area (Å²) < 4.78 is 5.97. The minimum Gasteiger partial charge on any atom is -0.489 e. The molecule has 1 N–H and O–H groups in total. The Morgan fingerprint density at radius 1 is 0.967 bits per heavy atom. The number of ether oxygens (including phenoxy) is 1. The maximum Gasteiger partial charge on any atom is 0.303 e. The highest BCUT2D eigenvalue weighted by Gasteiger charge is 2.10. The van der Waals surface area contributed by atoms with Gasteiger partial charge in [-0.3, -0.25) is 4.79 Å². The molecule has 0 spiro atoms. The summed E-state index contributed by atoms with van der Waals surface area (Å²) in [6.45, 7) is 7.18. The van der Waals surface area contributed by atoms with E-state index in [9.17, 15) is 4.79 Å². The predicted molar refractivity (Wildman–Crippen MR) is 122 cm³/mol. The van der Waals surface area contributed by atoms with Gasteiger partial charge in [0.2, 0.25) is 0 Å². The smallest absolute Gasteiger partial charge is 0.303 e. The van der Waals surface area contributed by atoms with Gasteiger partial charge in [-0.25, -0.2) is 0 Å². The Bertz CT molecular complexity index is 987. The number of aryl methyl sites for hydroxylation is 2. The van der Waals surface area contributed by atoms with Gasteiger partial charge >= 0.3 is 5.97 Å². The number of carboxylic acids is 1. The number of benzene rings is 3. The van der Waals surface area contributed by atoms with Crippen LogP contribution in [0.2, 0.25) is 0 Å². The molecule has 0 bridgehead atoms. The van der Waals surface area contributed by atoms with Crippen molar-refractivity contribution in [1.82, 2.24) is 0 Å². The van der Waals surface area contributed by atoms with Crippen molar-refractivity contribution in [2.75, 3.05) is 0 Å². The van der Waals surface area contributed by atoms with Gasteiger partial charge in [0.05, 0.1) is 0 Å². The molecule has 0 saturated heterocycles. The average molecular weight is 403 g/mol. The van der Waals surface area contributed by atoms with Crippen LogP contribution in [-0.4, -0.2) is 11.1 Å². The first-order valence-electron chi connectivity index (χ1n) is 10.5. The molecule has 0 unspecified atom stereocenters. The fraction of sp³-hybridized carbons (Fsp3) is 0.296. The van der Waals surface area contributed by atoms with Gasteiger partial charge in [0.15, 0.2) is 0 Å². The fourth-order valence-corrected chi connectivity index (χ4v) is 3.74. The van der Waals surface area contributed by atoms with E-state index in [2.05, 4.69) is 63.2 Å².